The summed E-state index contributed by atoms with van der Waals surface area (Å²) in [6.07, 6.45) is 6.21. The second-order valence-corrected chi connectivity index (χ2v) is 13.5. The zero-order valence-electron chi connectivity index (χ0n) is 24.8. The molecular weight excluding hydrogens is 544 g/mol. The minimum Gasteiger partial charge on any atom is -0.463 e. The molecule has 1 amide bonds. The van der Waals surface area contributed by atoms with E-state index in [9.17, 15) is 13.2 Å². The standard InChI is InChI=1S/C31H44N2O7S/c1-31(2)38-23-26-21-25(15-16-28(26)40-31)29-22-33(30(34)39-29)17-8-5-6-9-18-37-19-10-7-12-24-13-11-14-27(20-24)41(35,36)32(3)4/h11,13-16,20-21,29H,5-10,12,17-19,22-23H2,1-4H3/t29-/m0/s1. The molecule has 1 atom stereocenters. The van der Waals surface area contributed by atoms with Crippen molar-refractivity contribution in [3.8, 4) is 5.75 Å². The third-order valence-electron chi connectivity index (χ3n) is 7.42. The van der Waals surface area contributed by atoms with Crippen LogP contribution in [0, 0.1) is 0 Å². The summed E-state index contributed by atoms with van der Waals surface area (Å²) in [4.78, 5) is 14.5. The second kappa shape index (κ2) is 14.0. The summed E-state index contributed by atoms with van der Waals surface area (Å²) >= 11 is 0. The molecule has 0 spiro atoms. The van der Waals surface area contributed by atoms with E-state index in [1.165, 1.54) is 4.31 Å². The van der Waals surface area contributed by atoms with Gasteiger partial charge in [0.25, 0.3) is 0 Å². The number of hydrogen-bond acceptors (Lipinski definition) is 7. The van der Waals surface area contributed by atoms with Gasteiger partial charge in [0.2, 0.25) is 15.8 Å². The largest absolute Gasteiger partial charge is 0.463 e. The van der Waals surface area contributed by atoms with Crippen molar-refractivity contribution in [1.29, 1.82) is 0 Å². The molecule has 0 aromatic heterocycles. The van der Waals surface area contributed by atoms with Gasteiger partial charge < -0.3 is 23.8 Å². The van der Waals surface area contributed by atoms with Gasteiger partial charge in [-0.1, -0.05) is 31.0 Å². The van der Waals surface area contributed by atoms with Crippen molar-refractivity contribution >= 4 is 16.1 Å². The van der Waals surface area contributed by atoms with Crippen LogP contribution in [-0.4, -0.2) is 69.9 Å². The van der Waals surface area contributed by atoms with Crippen LogP contribution in [0.5, 0.6) is 5.75 Å². The van der Waals surface area contributed by atoms with E-state index in [1.54, 1.807) is 37.2 Å². The number of hydrogen-bond donors (Lipinski definition) is 0. The van der Waals surface area contributed by atoms with Gasteiger partial charge in [-0.2, -0.15) is 0 Å². The fraction of sp³-hybridized carbons (Fsp3) is 0.581. The molecule has 0 unspecified atom stereocenters. The maximum atomic E-state index is 12.4. The highest BCUT2D eigenvalue weighted by Crippen LogP contribution is 2.35. The van der Waals surface area contributed by atoms with Crippen molar-refractivity contribution in [2.75, 3.05) is 40.4 Å². The predicted octanol–water partition coefficient (Wildman–Crippen LogP) is 5.68. The van der Waals surface area contributed by atoms with Gasteiger partial charge in [-0.3, -0.25) is 0 Å². The Morgan fingerprint density at radius 3 is 2.54 bits per heavy atom. The Morgan fingerprint density at radius 2 is 1.76 bits per heavy atom. The van der Waals surface area contributed by atoms with Crippen LogP contribution in [0.2, 0.25) is 0 Å². The summed E-state index contributed by atoms with van der Waals surface area (Å²) < 4.78 is 48.9. The molecule has 2 heterocycles. The molecule has 2 aromatic rings. The normalized spacial score (nSPS) is 18.3. The molecule has 41 heavy (non-hydrogen) atoms. The molecule has 0 saturated carbocycles. The van der Waals surface area contributed by atoms with E-state index in [0.717, 1.165) is 74.0 Å². The first kappa shape index (κ1) is 31.3. The van der Waals surface area contributed by atoms with Crippen LogP contribution in [0.3, 0.4) is 0 Å². The van der Waals surface area contributed by atoms with Gasteiger partial charge in [-0.05, 0) is 67.5 Å². The molecule has 1 saturated heterocycles. The Hall–Kier alpha value is -2.66. The zero-order chi connectivity index (χ0) is 29.5. The SMILES string of the molecule is CN(C)S(=O)(=O)c1cccc(CCCCOCCCCCCN2C[C@@H](c3ccc4c(c3)COC(C)(C)O4)OC2=O)c1. The highest BCUT2D eigenvalue weighted by molar-refractivity contribution is 7.89. The number of sulfonamides is 1. The molecule has 4 rings (SSSR count). The Kier molecular flexibility index (Phi) is 10.7. The van der Waals surface area contributed by atoms with Crippen molar-refractivity contribution in [2.45, 2.75) is 82.2 Å². The molecule has 2 aromatic carbocycles. The Balaban J connectivity index is 1.05. The van der Waals surface area contributed by atoms with Crippen LogP contribution >= 0.6 is 0 Å². The number of fused-ring (bicyclic) bond motifs is 1. The van der Waals surface area contributed by atoms with E-state index in [2.05, 4.69) is 0 Å². The van der Waals surface area contributed by atoms with Crippen LogP contribution in [0.1, 0.15) is 75.2 Å². The summed E-state index contributed by atoms with van der Waals surface area (Å²) in [6.45, 7) is 6.95. The molecule has 10 heteroatoms. The fourth-order valence-electron chi connectivity index (χ4n) is 4.99. The summed E-state index contributed by atoms with van der Waals surface area (Å²) in [5.41, 5.74) is 2.97. The van der Waals surface area contributed by atoms with Crippen molar-refractivity contribution in [1.82, 2.24) is 9.21 Å². The first-order chi connectivity index (χ1) is 19.5. The van der Waals surface area contributed by atoms with E-state index in [-0.39, 0.29) is 12.2 Å². The molecule has 226 valence electrons. The fourth-order valence-corrected chi connectivity index (χ4v) is 5.96. The summed E-state index contributed by atoms with van der Waals surface area (Å²) in [6, 6.07) is 13.1. The van der Waals surface area contributed by atoms with E-state index in [0.29, 0.717) is 31.2 Å². The molecular formula is C31H44N2O7S. The van der Waals surface area contributed by atoms with Crippen LogP contribution in [-0.2, 0) is 37.3 Å². The number of nitrogens with zero attached hydrogens (tertiary/aromatic N) is 2. The van der Waals surface area contributed by atoms with Gasteiger partial charge in [0.1, 0.15) is 11.9 Å². The highest BCUT2D eigenvalue weighted by atomic mass is 32.2. The third-order valence-corrected chi connectivity index (χ3v) is 9.23. The van der Waals surface area contributed by atoms with Crippen molar-refractivity contribution < 1.29 is 32.2 Å². The molecule has 0 aliphatic carbocycles. The molecule has 0 bridgehead atoms. The lowest BCUT2D eigenvalue weighted by Crippen LogP contribution is -2.35. The lowest BCUT2D eigenvalue weighted by molar-refractivity contribution is -0.180. The van der Waals surface area contributed by atoms with E-state index >= 15 is 0 Å². The molecule has 9 nitrogen and oxygen atoms in total. The summed E-state index contributed by atoms with van der Waals surface area (Å²) in [5, 5.41) is 0. The number of aryl methyl sites for hydroxylation is 1. The van der Waals surface area contributed by atoms with E-state index < -0.39 is 15.8 Å². The minimum absolute atomic E-state index is 0.254. The number of carbonyl (C=O) groups excluding carboxylic acids is 1. The molecule has 0 N–H and O–H groups in total. The predicted molar refractivity (Wildman–Crippen MR) is 156 cm³/mol. The maximum Gasteiger partial charge on any atom is 0.410 e. The Bertz CT molecular complexity index is 1280. The minimum atomic E-state index is -3.40. The van der Waals surface area contributed by atoms with E-state index in [1.807, 2.05) is 38.1 Å². The maximum absolute atomic E-state index is 12.4. The average molecular weight is 589 g/mol. The van der Waals surface area contributed by atoms with Crippen molar-refractivity contribution in [3.05, 3.63) is 59.2 Å². The Labute approximate surface area is 244 Å². The molecule has 1 fully saturated rings. The van der Waals surface area contributed by atoms with Crippen LogP contribution in [0.25, 0.3) is 0 Å². The smallest absolute Gasteiger partial charge is 0.410 e. The van der Waals surface area contributed by atoms with Crippen molar-refractivity contribution in [2.24, 2.45) is 0 Å². The monoisotopic (exact) mass is 588 g/mol. The van der Waals surface area contributed by atoms with Gasteiger partial charge >= 0.3 is 6.09 Å². The van der Waals surface area contributed by atoms with Crippen LogP contribution in [0.15, 0.2) is 47.4 Å². The number of unbranched alkanes of at least 4 members (excludes halogenated alkanes) is 4. The second-order valence-electron chi connectivity index (χ2n) is 11.4. The molecule has 2 aliphatic heterocycles. The number of amides is 1. The van der Waals surface area contributed by atoms with Crippen LogP contribution < -0.4 is 4.74 Å². The summed E-state index contributed by atoms with van der Waals surface area (Å²) in [7, 11) is -0.316. The van der Waals surface area contributed by atoms with Gasteiger partial charge in [0.15, 0.2) is 0 Å². The topological polar surface area (TPSA) is 94.6 Å². The zero-order valence-corrected chi connectivity index (χ0v) is 25.6. The number of cyclic esters (lactones) is 1. The lowest BCUT2D eigenvalue weighted by Gasteiger charge is -2.32. The highest BCUT2D eigenvalue weighted by Gasteiger charge is 2.33. The average Bonchev–Trinajstić information content (AvgIpc) is 3.31. The van der Waals surface area contributed by atoms with Gasteiger partial charge in [-0.25, -0.2) is 17.5 Å². The quantitative estimate of drug-likeness (QED) is 0.247. The first-order valence-electron chi connectivity index (χ1n) is 14.6. The third kappa shape index (κ3) is 8.67. The number of benzene rings is 2. The number of rotatable bonds is 15. The van der Waals surface area contributed by atoms with Crippen LogP contribution in [0.4, 0.5) is 4.79 Å². The Morgan fingerprint density at radius 1 is 1.00 bits per heavy atom. The molecule has 0 radical (unpaired) electrons. The lowest BCUT2D eigenvalue weighted by atomic mass is 10.0. The van der Waals surface area contributed by atoms with Gasteiger partial charge in [0.05, 0.1) is 18.0 Å². The van der Waals surface area contributed by atoms with Crippen molar-refractivity contribution in [3.63, 3.8) is 0 Å². The van der Waals surface area contributed by atoms with Gasteiger partial charge in [0, 0.05) is 53.3 Å². The van der Waals surface area contributed by atoms with Gasteiger partial charge in [-0.15, -0.1) is 0 Å². The van der Waals surface area contributed by atoms with E-state index in [4.69, 9.17) is 18.9 Å². The summed E-state index contributed by atoms with van der Waals surface area (Å²) in [5.74, 6) is 0.184. The number of carbonyl (C=O) groups is 1. The molecule has 2 aliphatic rings. The first-order valence-corrected chi connectivity index (χ1v) is 16.0. The number of ether oxygens (including phenoxy) is 4.